The van der Waals surface area contributed by atoms with Gasteiger partial charge in [-0.1, -0.05) is 72.4 Å². The number of aromatic nitrogens is 4. The summed E-state index contributed by atoms with van der Waals surface area (Å²) < 4.78 is 24.3. The Labute approximate surface area is 293 Å². The van der Waals surface area contributed by atoms with Gasteiger partial charge in [0, 0.05) is 58.5 Å². The Morgan fingerprint density at radius 3 is 1.47 bits per heavy atom. The number of hydrogen-bond donors (Lipinski definition) is 2. The summed E-state index contributed by atoms with van der Waals surface area (Å²) in [7, 11) is 0. The van der Waals surface area contributed by atoms with Crippen LogP contribution in [0.1, 0.15) is 82.0 Å². The zero-order chi connectivity index (χ0) is 35.0. The lowest BCUT2D eigenvalue weighted by molar-refractivity contribution is -0.131. The fourth-order valence-electron chi connectivity index (χ4n) is 6.32. The molecule has 256 valence electrons. The number of nitrogens with one attached hydrogen (secondary N) is 1. The number of carbonyl (C=O) groups excluding carboxylic acids is 3. The first-order valence-corrected chi connectivity index (χ1v) is 16.8. The van der Waals surface area contributed by atoms with Gasteiger partial charge < -0.3 is 11.1 Å². The van der Waals surface area contributed by atoms with Crippen LogP contribution in [0.15, 0.2) is 73.3 Å². The normalized spacial score (nSPS) is 15.6. The van der Waals surface area contributed by atoms with E-state index in [-0.39, 0.29) is 28.7 Å². The molecule has 2 aromatic heterocycles. The van der Waals surface area contributed by atoms with E-state index in [1.165, 1.54) is 24.4 Å². The van der Waals surface area contributed by atoms with Gasteiger partial charge in [-0.3, -0.25) is 14.4 Å². The van der Waals surface area contributed by atoms with Crippen LogP contribution < -0.4 is 11.1 Å². The number of hydrogen-bond acceptors (Lipinski definition) is 8. The average Bonchev–Trinajstić information content (AvgIpc) is 3.08. The number of Topliss-reactive ketones (excluding diaryl/α,β-unsaturated/α-hetero) is 2. The standard InChI is InChI=1S/C19H18ClF2N3O2.C17H18ClN3O/c20-14-5-2-1-4-13(14)19(6-3-7-19)8-16-23-9-12(10-24-16)15(26)11-25-18(27)17(21)22;18-14-5-2-1-4-13(14)17(6-3-7-17)8-16-20-10-12(11-21-16)15(22)9-19/h1-2,4-5,9-10,17H,3,6-8,11H2,(H,25,27);1-2,4-5,10-11H,3,6-9,19H2. The number of nitrogens with zero attached hydrogens (tertiary/aromatic N) is 4. The van der Waals surface area contributed by atoms with Crippen molar-refractivity contribution in [1.82, 2.24) is 25.3 Å². The van der Waals surface area contributed by atoms with E-state index in [1.807, 2.05) is 47.8 Å². The van der Waals surface area contributed by atoms with Gasteiger partial charge >= 0.3 is 6.43 Å². The number of alkyl halides is 2. The second-order valence-corrected chi connectivity index (χ2v) is 13.2. The van der Waals surface area contributed by atoms with Crippen LogP contribution in [-0.4, -0.2) is 56.9 Å². The van der Waals surface area contributed by atoms with Gasteiger partial charge in [-0.25, -0.2) is 19.9 Å². The lowest BCUT2D eigenvalue weighted by Crippen LogP contribution is -2.37. The molecule has 0 bridgehead atoms. The fourth-order valence-corrected chi connectivity index (χ4v) is 6.99. The maximum Gasteiger partial charge on any atom is 0.315 e. The predicted octanol–water partition coefficient (Wildman–Crippen LogP) is 6.29. The second kappa shape index (κ2) is 16.0. The monoisotopic (exact) mass is 708 g/mol. The van der Waals surface area contributed by atoms with E-state index in [0.717, 1.165) is 60.0 Å². The van der Waals surface area contributed by atoms with Crippen molar-refractivity contribution in [2.75, 3.05) is 13.1 Å². The van der Waals surface area contributed by atoms with Gasteiger partial charge in [0.25, 0.3) is 5.91 Å². The first kappa shape index (κ1) is 36.1. The summed E-state index contributed by atoms with van der Waals surface area (Å²) in [5.74, 6) is -0.820. The SMILES string of the molecule is NCC(=O)c1cnc(CC2(c3ccccc3Cl)CCC2)nc1.O=C(CNC(=O)C(F)F)c1cnc(CC2(c3ccccc3Cl)CCC2)nc1. The Morgan fingerprint density at radius 2 is 1.12 bits per heavy atom. The van der Waals surface area contributed by atoms with Gasteiger partial charge in [0.1, 0.15) is 11.6 Å². The van der Waals surface area contributed by atoms with Gasteiger partial charge in [-0.2, -0.15) is 8.78 Å². The molecule has 2 fully saturated rings. The highest BCUT2D eigenvalue weighted by molar-refractivity contribution is 6.31. The fraction of sp³-hybridized carbons (Fsp3) is 0.361. The number of carbonyl (C=O) groups is 3. The molecule has 0 saturated heterocycles. The molecule has 0 aliphatic heterocycles. The van der Waals surface area contributed by atoms with Crippen LogP contribution >= 0.6 is 23.2 Å². The third kappa shape index (κ3) is 8.52. The van der Waals surface area contributed by atoms with E-state index in [0.29, 0.717) is 17.8 Å². The maximum atomic E-state index is 12.1. The summed E-state index contributed by atoms with van der Waals surface area (Å²) in [6.45, 7) is -0.540. The van der Waals surface area contributed by atoms with Crippen LogP contribution in [0, 0.1) is 0 Å². The molecule has 0 unspecified atom stereocenters. The Morgan fingerprint density at radius 1 is 0.714 bits per heavy atom. The third-order valence-corrected chi connectivity index (χ3v) is 10.0. The van der Waals surface area contributed by atoms with Crippen molar-refractivity contribution in [3.8, 4) is 0 Å². The molecule has 2 aliphatic rings. The molecule has 49 heavy (non-hydrogen) atoms. The number of benzene rings is 2. The molecule has 9 nitrogen and oxygen atoms in total. The van der Waals surface area contributed by atoms with Gasteiger partial charge in [-0.15, -0.1) is 0 Å². The molecule has 2 aromatic carbocycles. The van der Waals surface area contributed by atoms with Crippen LogP contribution in [0.4, 0.5) is 8.78 Å². The summed E-state index contributed by atoms with van der Waals surface area (Å²) in [5.41, 5.74) is 8.15. The van der Waals surface area contributed by atoms with Crippen molar-refractivity contribution < 1.29 is 23.2 Å². The smallest absolute Gasteiger partial charge is 0.315 e. The van der Waals surface area contributed by atoms with Crippen LogP contribution in [0.5, 0.6) is 0 Å². The van der Waals surface area contributed by atoms with Gasteiger partial charge in [0.05, 0.1) is 24.2 Å². The highest BCUT2D eigenvalue weighted by Gasteiger charge is 2.41. The Bertz CT molecular complexity index is 1780. The van der Waals surface area contributed by atoms with Gasteiger partial charge in [0.2, 0.25) is 0 Å². The Hall–Kier alpha value is -4.19. The van der Waals surface area contributed by atoms with Crippen molar-refractivity contribution in [3.63, 3.8) is 0 Å². The highest BCUT2D eigenvalue weighted by atomic mass is 35.5. The second-order valence-electron chi connectivity index (χ2n) is 12.4. The number of nitrogens with two attached hydrogens (primary N) is 1. The van der Waals surface area contributed by atoms with E-state index >= 15 is 0 Å². The molecular formula is C36H36Cl2F2N6O3. The number of ketones is 2. The van der Waals surface area contributed by atoms with Crippen molar-refractivity contribution in [3.05, 3.63) is 117 Å². The minimum absolute atomic E-state index is 0.0216. The summed E-state index contributed by atoms with van der Waals surface area (Å²) in [6.07, 6.45) is 10.5. The lowest BCUT2D eigenvalue weighted by Gasteiger charge is -2.42. The molecule has 2 saturated carbocycles. The number of halogens is 4. The molecule has 6 rings (SSSR count). The van der Waals surface area contributed by atoms with Crippen LogP contribution in [0.2, 0.25) is 10.0 Å². The quantitative estimate of drug-likeness (QED) is 0.164. The maximum absolute atomic E-state index is 12.1. The zero-order valence-electron chi connectivity index (χ0n) is 26.7. The van der Waals surface area contributed by atoms with Crippen molar-refractivity contribution >= 4 is 40.7 Å². The minimum Gasteiger partial charge on any atom is -0.344 e. The summed E-state index contributed by atoms with van der Waals surface area (Å²) in [5, 5.41) is 3.39. The lowest BCUT2D eigenvalue weighted by atomic mass is 9.62. The molecule has 13 heteroatoms. The van der Waals surface area contributed by atoms with E-state index in [9.17, 15) is 23.2 Å². The number of rotatable bonds is 12. The Kier molecular flexibility index (Phi) is 11.8. The topological polar surface area (TPSA) is 141 Å². The molecular weight excluding hydrogens is 673 g/mol. The van der Waals surface area contributed by atoms with Crippen LogP contribution in [0.25, 0.3) is 0 Å². The van der Waals surface area contributed by atoms with E-state index < -0.39 is 24.7 Å². The average molecular weight is 710 g/mol. The van der Waals surface area contributed by atoms with Gasteiger partial charge in [-0.05, 0) is 48.9 Å². The summed E-state index contributed by atoms with van der Waals surface area (Å²) in [6, 6.07) is 15.7. The molecule has 4 aromatic rings. The van der Waals surface area contributed by atoms with Crippen molar-refractivity contribution in [2.45, 2.75) is 68.6 Å². The molecule has 0 atom stereocenters. The van der Waals surface area contributed by atoms with E-state index in [1.54, 1.807) is 12.4 Å². The predicted molar refractivity (Wildman–Crippen MR) is 182 cm³/mol. The zero-order valence-corrected chi connectivity index (χ0v) is 28.2. The van der Waals surface area contributed by atoms with Crippen LogP contribution in [-0.2, 0) is 28.5 Å². The molecule has 0 spiro atoms. The van der Waals surface area contributed by atoms with Crippen molar-refractivity contribution in [1.29, 1.82) is 0 Å². The number of amides is 1. The van der Waals surface area contributed by atoms with E-state index in [2.05, 4.69) is 26.0 Å². The molecule has 3 N–H and O–H groups in total. The Balaban J connectivity index is 0.000000195. The molecule has 0 radical (unpaired) electrons. The third-order valence-electron chi connectivity index (χ3n) is 9.37. The molecule has 2 heterocycles. The van der Waals surface area contributed by atoms with Crippen LogP contribution in [0.3, 0.4) is 0 Å². The molecule has 2 aliphatic carbocycles. The minimum atomic E-state index is -3.15. The van der Waals surface area contributed by atoms with Gasteiger partial charge in [0.15, 0.2) is 11.6 Å². The largest absolute Gasteiger partial charge is 0.344 e. The summed E-state index contributed by atoms with van der Waals surface area (Å²) >= 11 is 12.7. The first-order chi connectivity index (χ1) is 23.6. The first-order valence-electron chi connectivity index (χ1n) is 16.0. The highest BCUT2D eigenvalue weighted by Crippen LogP contribution is 2.49. The van der Waals surface area contributed by atoms with E-state index in [4.69, 9.17) is 28.9 Å². The summed E-state index contributed by atoms with van der Waals surface area (Å²) in [4.78, 5) is 51.5. The molecule has 1 amide bonds. The van der Waals surface area contributed by atoms with Crippen molar-refractivity contribution in [2.24, 2.45) is 5.73 Å².